The monoisotopic (exact) mass is 589 g/mol. The van der Waals surface area contributed by atoms with Gasteiger partial charge in [-0.05, 0) is 37.1 Å². The number of nitrogens with zero attached hydrogens (tertiary/aromatic N) is 1. The predicted molar refractivity (Wildman–Crippen MR) is 149 cm³/mol. The Kier molecular flexibility index (Phi) is 11.6. The normalized spacial score (nSPS) is 25.0. The van der Waals surface area contributed by atoms with Crippen LogP contribution >= 0.6 is 7.55 Å². The number of sulfonamides is 1. The molecule has 2 aliphatic rings. The Morgan fingerprint density at radius 2 is 1.87 bits per heavy atom. The number of ether oxygens (including phenoxy) is 5. The quantitative estimate of drug-likeness (QED) is 0.333. The van der Waals surface area contributed by atoms with Crippen LogP contribution in [0.1, 0.15) is 27.2 Å². The van der Waals surface area contributed by atoms with Gasteiger partial charge in [0.15, 0.2) is 0 Å². The maximum absolute atomic E-state index is 13.7. The maximum Gasteiger partial charge on any atom is 0.407 e. The van der Waals surface area contributed by atoms with Crippen molar-refractivity contribution in [1.82, 2.24) is 9.62 Å². The molecule has 1 aliphatic heterocycles. The molecule has 1 aliphatic carbocycles. The van der Waals surface area contributed by atoms with Crippen LogP contribution in [0.5, 0.6) is 5.75 Å². The van der Waals surface area contributed by atoms with Crippen LogP contribution in [0, 0.1) is 5.92 Å². The molecule has 13 heteroatoms. The van der Waals surface area contributed by atoms with Gasteiger partial charge in [-0.15, -0.1) is 0 Å². The summed E-state index contributed by atoms with van der Waals surface area (Å²) in [6, 6.07) is 5.73. The zero-order valence-corrected chi connectivity index (χ0v) is 25.2. The van der Waals surface area contributed by atoms with Gasteiger partial charge in [0.1, 0.15) is 37.0 Å². The van der Waals surface area contributed by atoms with E-state index in [-0.39, 0.29) is 37.1 Å². The first-order valence-corrected chi connectivity index (χ1v) is 16.5. The van der Waals surface area contributed by atoms with Crippen LogP contribution in [0.4, 0.5) is 4.79 Å². The minimum absolute atomic E-state index is 0.0324. The number of rotatable bonds is 13. The van der Waals surface area contributed by atoms with Crippen LogP contribution in [-0.4, -0.2) is 113 Å². The van der Waals surface area contributed by atoms with Gasteiger partial charge in [0, 0.05) is 26.6 Å². The molecule has 220 valence electrons. The van der Waals surface area contributed by atoms with Crippen LogP contribution in [-0.2, 0) is 29.0 Å². The van der Waals surface area contributed by atoms with E-state index in [1.165, 1.54) is 30.7 Å². The fourth-order valence-electron chi connectivity index (χ4n) is 4.79. The number of carbonyl (C=O) groups excluding carboxylic acids is 1. The molecule has 11 nitrogen and oxygen atoms in total. The number of aliphatic hydroxyl groups is 1. The molecule has 7 atom stereocenters. The molecule has 3 rings (SSSR count). The Labute approximate surface area is 232 Å². The Morgan fingerprint density at radius 1 is 1.21 bits per heavy atom. The molecule has 2 N–H and O–H groups in total. The number of alkyl carbamates (subject to hydrolysis) is 1. The van der Waals surface area contributed by atoms with E-state index in [4.69, 9.17) is 23.7 Å². The van der Waals surface area contributed by atoms with Crippen molar-refractivity contribution in [2.24, 2.45) is 5.92 Å². The highest BCUT2D eigenvalue weighted by atomic mass is 32.2. The molecule has 0 bridgehead atoms. The van der Waals surface area contributed by atoms with Gasteiger partial charge in [-0.1, -0.05) is 13.8 Å². The lowest BCUT2D eigenvalue weighted by Gasteiger charge is -2.31. The molecule has 1 amide bonds. The van der Waals surface area contributed by atoms with Gasteiger partial charge in [0.2, 0.25) is 10.0 Å². The van der Waals surface area contributed by atoms with Crippen LogP contribution in [0.15, 0.2) is 29.2 Å². The first-order chi connectivity index (χ1) is 18.5. The fraction of sp³-hybridized carbons (Fsp3) is 0.692. The summed E-state index contributed by atoms with van der Waals surface area (Å²) in [5.74, 6) is 2.68. The predicted octanol–water partition coefficient (Wildman–Crippen LogP) is 2.26. The molecular weight excluding hydrogens is 547 g/mol. The Balaban J connectivity index is 1.80. The van der Waals surface area contributed by atoms with Crippen molar-refractivity contribution in [3.63, 3.8) is 0 Å². The van der Waals surface area contributed by atoms with E-state index in [1.54, 1.807) is 12.1 Å². The summed E-state index contributed by atoms with van der Waals surface area (Å²) in [5, 5.41) is 13.1. The molecular formula is C26H42N2O9PS+. The van der Waals surface area contributed by atoms with Crippen LogP contribution in [0.2, 0.25) is 0 Å². The first-order valence-electron chi connectivity index (χ1n) is 13.0. The third-order valence-corrected chi connectivity index (χ3v) is 10.6. The van der Waals surface area contributed by atoms with Crippen molar-refractivity contribution in [2.75, 3.05) is 46.9 Å². The summed E-state index contributed by atoms with van der Waals surface area (Å²) in [7, 11) is -1.41. The smallest absolute Gasteiger partial charge is 0.407 e. The van der Waals surface area contributed by atoms with Gasteiger partial charge in [-0.25, -0.2) is 13.2 Å². The average molecular weight is 590 g/mol. The second kappa shape index (κ2) is 14.2. The minimum Gasteiger partial charge on any atom is -0.497 e. The lowest BCUT2D eigenvalue weighted by molar-refractivity contribution is -0.0353. The summed E-state index contributed by atoms with van der Waals surface area (Å²) < 4.78 is 56.3. The number of carbonyl (C=O) groups is 1. The number of amides is 1. The standard InChI is InChI=1S/C26H41N2O9PS/c1-7-38(6)15-20(27-26(30)37-22-12-21(29)24-25(22)36-16-35-24)23(34-5)14-28(13-17(2)3)39(31,32)19-10-8-18(33-4)9-11-19/h7-11,17,20-25,29H,12-16H2,1-6H3/p+1. The third kappa shape index (κ3) is 8.13. The van der Waals surface area contributed by atoms with Crippen LogP contribution in [0.25, 0.3) is 0 Å². The van der Waals surface area contributed by atoms with E-state index in [0.29, 0.717) is 11.9 Å². The fourth-order valence-corrected chi connectivity index (χ4v) is 7.57. The van der Waals surface area contributed by atoms with Crippen molar-refractivity contribution >= 4 is 29.5 Å². The number of benzene rings is 1. The molecule has 39 heavy (non-hydrogen) atoms. The highest BCUT2D eigenvalue weighted by Crippen LogP contribution is 2.32. The van der Waals surface area contributed by atoms with Gasteiger partial charge in [-0.3, -0.25) is 0 Å². The number of nitrogens with one attached hydrogen (secondary N) is 1. The molecule has 2 fully saturated rings. The molecule has 7 unspecified atom stereocenters. The summed E-state index contributed by atoms with van der Waals surface area (Å²) in [6.07, 6.45) is -3.01. The maximum atomic E-state index is 13.7. The van der Waals surface area contributed by atoms with Gasteiger partial charge in [-0.2, -0.15) is 4.31 Å². The minimum atomic E-state index is -3.86. The second-order valence-electron chi connectivity index (χ2n) is 10.2. The van der Waals surface area contributed by atoms with Crippen LogP contribution in [0.3, 0.4) is 0 Å². The van der Waals surface area contributed by atoms with E-state index >= 15 is 0 Å². The Morgan fingerprint density at radius 3 is 2.46 bits per heavy atom. The summed E-state index contributed by atoms with van der Waals surface area (Å²) in [6.45, 7) is 8.27. The van der Waals surface area contributed by atoms with Crippen molar-refractivity contribution in [3.05, 3.63) is 24.3 Å². The van der Waals surface area contributed by atoms with Crippen molar-refractivity contribution in [2.45, 2.75) is 68.6 Å². The number of fused-ring (bicyclic) bond motifs is 1. The topological polar surface area (TPSA) is 133 Å². The highest BCUT2D eigenvalue weighted by molar-refractivity contribution is 7.89. The lowest BCUT2D eigenvalue weighted by Crippen LogP contribution is -2.52. The molecule has 1 saturated heterocycles. The van der Waals surface area contributed by atoms with Gasteiger partial charge in [0.25, 0.3) is 0 Å². The third-order valence-electron chi connectivity index (χ3n) is 6.95. The first kappa shape index (κ1) is 31.7. The zero-order chi connectivity index (χ0) is 28.7. The van der Waals surface area contributed by atoms with E-state index < -0.39 is 60.2 Å². The van der Waals surface area contributed by atoms with Gasteiger partial charge < -0.3 is 34.1 Å². The molecule has 0 aromatic heterocycles. The van der Waals surface area contributed by atoms with Crippen LogP contribution < -0.4 is 10.1 Å². The SMILES string of the molecule is CC=[P+](C)CC(NC(=O)OC1CC(O)C2OCOC12)C(CN(CC(C)C)S(=O)(=O)c1ccc(OC)cc1)OC. The summed E-state index contributed by atoms with van der Waals surface area (Å²) in [4.78, 5) is 13.2. The number of methoxy groups -OCH3 is 2. The van der Waals surface area contributed by atoms with E-state index in [2.05, 4.69) is 17.8 Å². The number of hydrogen-bond donors (Lipinski definition) is 2. The Hall–Kier alpha value is -1.79. The Bertz CT molecular complexity index is 1080. The van der Waals surface area contributed by atoms with Gasteiger partial charge >= 0.3 is 6.09 Å². The highest BCUT2D eigenvalue weighted by Gasteiger charge is 2.50. The van der Waals surface area contributed by atoms with Crippen molar-refractivity contribution in [1.29, 1.82) is 0 Å². The summed E-state index contributed by atoms with van der Waals surface area (Å²) >= 11 is 0. The number of aliphatic hydroxyl groups excluding tert-OH is 1. The number of hydrogen-bond acceptors (Lipinski definition) is 9. The van der Waals surface area contributed by atoms with E-state index in [0.717, 1.165) is 0 Å². The zero-order valence-electron chi connectivity index (χ0n) is 23.5. The summed E-state index contributed by atoms with van der Waals surface area (Å²) in [5.41, 5.74) is 0. The molecule has 1 aromatic carbocycles. The largest absolute Gasteiger partial charge is 0.497 e. The van der Waals surface area contributed by atoms with Crippen molar-refractivity contribution in [3.8, 4) is 5.75 Å². The molecule has 1 heterocycles. The molecule has 0 spiro atoms. The van der Waals surface area contributed by atoms with E-state index in [1.807, 2.05) is 20.8 Å². The molecule has 1 aromatic rings. The van der Waals surface area contributed by atoms with Gasteiger partial charge in [0.05, 0.1) is 50.3 Å². The average Bonchev–Trinajstić information content (AvgIpc) is 3.50. The lowest BCUT2D eigenvalue weighted by atomic mass is 10.1. The van der Waals surface area contributed by atoms with E-state index in [9.17, 15) is 18.3 Å². The molecule has 1 saturated carbocycles. The van der Waals surface area contributed by atoms with Crippen molar-refractivity contribution < 1.29 is 42.0 Å². The molecule has 0 radical (unpaired) electrons. The second-order valence-corrected chi connectivity index (χ2v) is 14.6.